The minimum absolute atomic E-state index is 0.300. The van der Waals surface area contributed by atoms with Crippen LogP contribution in [0.1, 0.15) is 11.1 Å². The maximum Gasteiger partial charge on any atom is 0.245 e. The molecule has 0 saturated heterocycles. The molecule has 5 nitrogen and oxygen atoms in total. The lowest BCUT2D eigenvalue weighted by molar-refractivity contribution is -0.114. The Hall–Kier alpha value is -3.12. The molecule has 0 atom stereocenters. The Morgan fingerprint density at radius 3 is 2.24 bits per heavy atom. The first-order valence-electron chi connectivity index (χ1n) is 9.25. The van der Waals surface area contributed by atoms with Crippen LogP contribution in [0.25, 0.3) is 11.1 Å². The Morgan fingerprint density at radius 1 is 0.931 bits per heavy atom. The van der Waals surface area contributed by atoms with Crippen LogP contribution >= 0.6 is 0 Å². The van der Waals surface area contributed by atoms with E-state index < -0.39 is 15.9 Å². The standard InChI is InChI=1S/C23H24N2O3S/c1-17-13-14-22(18(2)15-17)25(29(3,27)28)16-23(26)24-21-12-8-7-11-20(21)19-9-5-4-6-10-19/h4-15H,16H2,1-3H3,(H,24,26). The highest BCUT2D eigenvalue weighted by Crippen LogP contribution is 2.28. The summed E-state index contributed by atoms with van der Waals surface area (Å²) in [5, 5.41) is 2.87. The van der Waals surface area contributed by atoms with Crippen LogP contribution in [0.4, 0.5) is 11.4 Å². The van der Waals surface area contributed by atoms with Gasteiger partial charge < -0.3 is 5.32 Å². The van der Waals surface area contributed by atoms with E-state index in [1.807, 2.05) is 80.6 Å². The van der Waals surface area contributed by atoms with Crippen molar-refractivity contribution >= 4 is 27.3 Å². The molecule has 0 radical (unpaired) electrons. The molecule has 0 fully saturated rings. The van der Waals surface area contributed by atoms with Crippen molar-refractivity contribution in [2.24, 2.45) is 0 Å². The fourth-order valence-corrected chi connectivity index (χ4v) is 4.16. The van der Waals surface area contributed by atoms with E-state index >= 15 is 0 Å². The zero-order chi connectivity index (χ0) is 21.0. The van der Waals surface area contributed by atoms with E-state index in [1.165, 1.54) is 0 Å². The van der Waals surface area contributed by atoms with E-state index in [0.717, 1.165) is 32.8 Å². The van der Waals surface area contributed by atoms with Crippen molar-refractivity contribution in [1.82, 2.24) is 0 Å². The molecule has 3 aromatic rings. The zero-order valence-corrected chi connectivity index (χ0v) is 17.5. The van der Waals surface area contributed by atoms with Crippen molar-refractivity contribution < 1.29 is 13.2 Å². The fraction of sp³-hybridized carbons (Fsp3) is 0.174. The molecule has 0 aliphatic carbocycles. The number of rotatable bonds is 6. The first-order valence-corrected chi connectivity index (χ1v) is 11.1. The van der Waals surface area contributed by atoms with Gasteiger partial charge in [0, 0.05) is 11.3 Å². The second-order valence-electron chi connectivity index (χ2n) is 7.02. The van der Waals surface area contributed by atoms with Crippen LogP contribution in [-0.2, 0) is 14.8 Å². The number of nitrogens with one attached hydrogen (secondary N) is 1. The monoisotopic (exact) mass is 408 g/mol. The number of sulfonamides is 1. The molecule has 0 bridgehead atoms. The first-order chi connectivity index (χ1) is 13.8. The number of carbonyl (C=O) groups excluding carboxylic acids is 1. The van der Waals surface area contributed by atoms with Gasteiger partial charge >= 0.3 is 0 Å². The number of carbonyl (C=O) groups is 1. The van der Waals surface area contributed by atoms with Gasteiger partial charge in [0.25, 0.3) is 0 Å². The van der Waals surface area contributed by atoms with Crippen molar-refractivity contribution in [2.45, 2.75) is 13.8 Å². The minimum atomic E-state index is -3.63. The maximum absolute atomic E-state index is 12.8. The van der Waals surface area contributed by atoms with Crippen LogP contribution in [-0.4, -0.2) is 27.1 Å². The van der Waals surface area contributed by atoms with Gasteiger partial charge in [0.1, 0.15) is 6.54 Å². The molecule has 0 unspecified atom stereocenters. The molecule has 3 aromatic carbocycles. The summed E-state index contributed by atoms with van der Waals surface area (Å²) in [6.07, 6.45) is 1.11. The average molecular weight is 409 g/mol. The fourth-order valence-electron chi connectivity index (χ4n) is 3.25. The molecule has 3 rings (SSSR count). The number of hydrogen-bond donors (Lipinski definition) is 1. The summed E-state index contributed by atoms with van der Waals surface area (Å²) in [5.74, 6) is -0.404. The Morgan fingerprint density at radius 2 is 1.59 bits per heavy atom. The number of aryl methyl sites for hydroxylation is 2. The number of anilines is 2. The van der Waals surface area contributed by atoms with E-state index in [-0.39, 0.29) is 6.54 Å². The van der Waals surface area contributed by atoms with E-state index in [1.54, 1.807) is 6.07 Å². The first kappa shape index (κ1) is 20.6. The summed E-state index contributed by atoms with van der Waals surface area (Å²) in [6, 6.07) is 22.6. The predicted molar refractivity (Wildman–Crippen MR) is 119 cm³/mol. The van der Waals surface area contributed by atoms with Crippen LogP contribution in [0, 0.1) is 13.8 Å². The molecule has 0 saturated carbocycles. The molecule has 1 amide bonds. The van der Waals surface area contributed by atoms with E-state index in [4.69, 9.17) is 0 Å². The Labute approximate surface area is 172 Å². The van der Waals surface area contributed by atoms with Gasteiger partial charge in [-0.15, -0.1) is 0 Å². The van der Waals surface area contributed by atoms with E-state index in [0.29, 0.717) is 11.4 Å². The van der Waals surface area contributed by atoms with Gasteiger partial charge in [-0.3, -0.25) is 9.10 Å². The number of nitrogens with zero attached hydrogens (tertiary/aromatic N) is 1. The minimum Gasteiger partial charge on any atom is -0.324 e. The number of benzene rings is 3. The molecule has 6 heteroatoms. The van der Waals surface area contributed by atoms with Crippen LogP contribution in [0.2, 0.25) is 0 Å². The lowest BCUT2D eigenvalue weighted by Gasteiger charge is -2.24. The van der Waals surface area contributed by atoms with Gasteiger partial charge in [-0.25, -0.2) is 8.42 Å². The second-order valence-corrected chi connectivity index (χ2v) is 8.93. The molecular formula is C23H24N2O3S. The molecule has 0 aromatic heterocycles. The number of amides is 1. The molecule has 0 heterocycles. The number of hydrogen-bond acceptors (Lipinski definition) is 3. The average Bonchev–Trinajstić information content (AvgIpc) is 2.67. The lowest BCUT2D eigenvalue weighted by atomic mass is 10.0. The summed E-state index contributed by atoms with van der Waals surface area (Å²) in [6.45, 7) is 3.48. The largest absolute Gasteiger partial charge is 0.324 e. The normalized spacial score (nSPS) is 11.1. The highest BCUT2D eigenvalue weighted by Gasteiger charge is 2.23. The van der Waals surface area contributed by atoms with Gasteiger partial charge in [0.2, 0.25) is 15.9 Å². The van der Waals surface area contributed by atoms with Gasteiger partial charge in [-0.1, -0.05) is 66.2 Å². The molecule has 150 valence electrons. The van der Waals surface area contributed by atoms with Crippen molar-refractivity contribution in [3.8, 4) is 11.1 Å². The lowest BCUT2D eigenvalue weighted by Crippen LogP contribution is -2.38. The Bertz CT molecular complexity index is 1130. The highest BCUT2D eigenvalue weighted by molar-refractivity contribution is 7.92. The van der Waals surface area contributed by atoms with Crippen LogP contribution in [0.15, 0.2) is 72.8 Å². The van der Waals surface area contributed by atoms with Crippen molar-refractivity contribution in [3.05, 3.63) is 83.9 Å². The predicted octanol–water partition coefficient (Wildman–Crippen LogP) is 4.38. The SMILES string of the molecule is Cc1ccc(N(CC(=O)Nc2ccccc2-c2ccccc2)S(C)(=O)=O)c(C)c1. The van der Waals surface area contributed by atoms with Gasteiger partial charge in [0.05, 0.1) is 11.9 Å². The summed E-state index contributed by atoms with van der Waals surface area (Å²) in [4.78, 5) is 12.8. The topological polar surface area (TPSA) is 66.5 Å². The molecule has 29 heavy (non-hydrogen) atoms. The second kappa shape index (κ2) is 8.49. The van der Waals surface area contributed by atoms with Crippen molar-refractivity contribution in [3.63, 3.8) is 0 Å². The molecule has 0 aliphatic heterocycles. The van der Waals surface area contributed by atoms with Gasteiger partial charge in [-0.2, -0.15) is 0 Å². The third kappa shape index (κ3) is 5.03. The molecular weight excluding hydrogens is 384 g/mol. The third-order valence-electron chi connectivity index (χ3n) is 4.59. The van der Waals surface area contributed by atoms with E-state index in [2.05, 4.69) is 5.32 Å². The van der Waals surface area contributed by atoms with Crippen molar-refractivity contribution in [1.29, 1.82) is 0 Å². The van der Waals surface area contributed by atoms with Crippen LogP contribution in [0.5, 0.6) is 0 Å². The highest BCUT2D eigenvalue weighted by atomic mass is 32.2. The van der Waals surface area contributed by atoms with Gasteiger partial charge in [-0.05, 0) is 37.1 Å². The Balaban J connectivity index is 1.88. The maximum atomic E-state index is 12.8. The van der Waals surface area contributed by atoms with Crippen molar-refractivity contribution in [2.75, 3.05) is 22.4 Å². The summed E-state index contributed by atoms with van der Waals surface area (Å²) in [5.41, 5.74) is 4.81. The smallest absolute Gasteiger partial charge is 0.245 e. The summed E-state index contributed by atoms with van der Waals surface area (Å²) < 4.78 is 25.9. The zero-order valence-electron chi connectivity index (χ0n) is 16.7. The van der Waals surface area contributed by atoms with Crippen LogP contribution in [0.3, 0.4) is 0 Å². The Kier molecular flexibility index (Phi) is 6.03. The van der Waals surface area contributed by atoms with E-state index in [9.17, 15) is 13.2 Å². The molecule has 1 N–H and O–H groups in total. The third-order valence-corrected chi connectivity index (χ3v) is 5.72. The summed E-state index contributed by atoms with van der Waals surface area (Å²) in [7, 11) is -3.63. The van der Waals surface area contributed by atoms with Crippen LogP contribution < -0.4 is 9.62 Å². The molecule has 0 aliphatic rings. The summed E-state index contributed by atoms with van der Waals surface area (Å²) >= 11 is 0. The molecule has 0 spiro atoms. The quantitative estimate of drug-likeness (QED) is 0.658. The number of para-hydroxylation sites is 1. The van der Waals surface area contributed by atoms with Gasteiger partial charge in [0.15, 0.2) is 0 Å².